The normalized spacial score (nSPS) is 15.4. The van der Waals surface area contributed by atoms with Crippen LogP contribution in [0.25, 0.3) is 16.9 Å². The highest BCUT2D eigenvalue weighted by Gasteiger charge is 2.22. The van der Waals surface area contributed by atoms with Crippen molar-refractivity contribution >= 4 is 23.2 Å². The molecule has 0 aliphatic heterocycles. The van der Waals surface area contributed by atoms with Gasteiger partial charge in [-0.3, -0.25) is 0 Å². The molecule has 1 fully saturated rings. The summed E-state index contributed by atoms with van der Waals surface area (Å²) in [6.45, 7) is 2.07. The predicted molar refractivity (Wildman–Crippen MR) is 91.8 cm³/mol. The lowest BCUT2D eigenvalue weighted by Crippen LogP contribution is -2.18. The van der Waals surface area contributed by atoms with Crippen LogP contribution in [0.15, 0.2) is 30.6 Å². The Morgan fingerprint density at radius 2 is 1.91 bits per heavy atom. The van der Waals surface area contributed by atoms with Crippen molar-refractivity contribution in [2.24, 2.45) is 0 Å². The highest BCUT2D eigenvalue weighted by Crippen LogP contribution is 2.35. The van der Waals surface area contributed by atoms with Crippen LogP contribution in [0.3, 0.4) is 0 Å². The largest absolute Gasteiger partial charge is 0.367 e. The predicted octanol–water partition coefficient (Wildman–Crippen LogP) is 4.11. The molecule has 118 valence electrons. The molecule has 0 atom stereocenters. The number of aryl methyl sites for hydroxylation is 1. The monoisotopic (exact) mass is 327 g/mol. The summed E-state index contributed by atoms with van der Waals surface area (Å²) in [4.78, 5) is 8.56. The number of aromatic nitrogens is 4. The maximum Gasteiger partial charge on any atom is 0.255 e. The third-order valence-electron chi connectivity index (χ3n) is 4.42. The Labute approximate surface area is 139 Å². The molecule has 1 aliphatic rings. The first-order chi connectivity index (χ1) is 11.2. The molecule has 1 aromatic carbocycles. The molecule has 0 bridgehead atoms. The van der Waals surface area contributed by atoms with Gasteiger partial charge in [-0.25, -0.2) is 0 Å². The minimum atomic E-state index is 0.449. The summed E-state index contributed by atoms with van der Waals surface area (Å²) in [7, 11) is 0. The maximum absolute atomic E-state index is 6.49. The fourth-order valence-electron chi connectivity index (χ4n) is 3.19. The van der Waals surface area contributed by atoms with E-state index in [1.807, 2.05) is 0 Å². The molecule has 1 saturated carbocycles. The Balaban J connectivity index is 1.89. The Morgan fingerprint density at radius 1 is 1.17 bits per heavy atom. The van der Waals surface area contributed by atoms with Crippen molar-refractivity contribution in [2.45, 2.75) is 38.6 Å². The highest BCUT2D eigenvalue weighted by molar-refractivity contribution is 6.32. The third kappa shape index (κ3) is 2.65. The van der Waals surface area contributed by atoms with Crippen molar-refractivity contribution < 1.29 is 0 Å². The van der Waals surface area contributed by atoms with E-state index in [4.69, 9.17) is 11.6 Å². The van der Waals surface area contributed by atoms with Crippen molar-refractivity contribution in [1.82, 2.24) is 19.6 Å². The lowest BCUT2D eigenvalue weighted by molar-refractivity contribution is 0.741. The molecule has 3 aromatic rings. The van der Waals surface area contributed by atoms with Gasteiger partial charge in [0.25, 0.3) is 5.78 Å². The number of nitrogens with zero attached hydrogens (tertiary/aromatic N) is 4. The summed E-state index contributed by atoms with van der Waals surface area (Å²) in [5, 5.41) is 8.41. The number of rotatable bonds is 3. The summed E-state index contributed by atoms with van der Waals surface area (Å²) in [6, 6.07) is 8.75. The van der Waals surface area contributed by atoms with Crippen LogP contribution in [0.4, 0.5) is 5.82 Å². The summed E-state index contributed by atoms with van der Waals surface area (Å²) in [5.41, 5.74) is 3.13. The highest BCUT2D eigenvalue weighted by atomic mass is 35.5. The van der Waals surface area contributed by atoms with E-state index in [2.05, 4.69) is 51.6 Å². The van der Waals surface area contributed by atoms with Crippen LogP contribution in [0.2, 0.25) is 5.15 Å². The van der Waals surface area contributed by atoms with Gasteiger partial charge in [0.1, 0.15) is 17.3 Å². The molecule has 2 aromatic heterocycles. The van der Waals surface area contributed by atoms with Crippen LogP contribution < -0.4 is 5.32 Å². The molecule has 0 unspecified atom stereocenters. The maximum atomic E-state index is 6.49. The van der Waals surface area contributed by atoms with Gasteiger partial charge in [-0.05, 0) is 25.3 Å². The van der Waals surface area contributed by atoms with Crippen molar-refractivity contribution in [1.29, 1.82) is 0 Å². The van der Waals surface area contributed by atoms with E-state index in [-0.39, 0.29) is 0 Å². The first-order valence-corrected chi connectivity index (χ1v) is 8.33. The zero-order valence-electron chi connectivity index (χ0n) is 13.0. The third-order valence-corrected chi connectivity index (χ3v) is 4.69. The number of anilines is 1. The second-order valence-electron chi connectivity index (χ2n) is 6.09. The van der Waals surface area contributed by atoms with E-state index >= 15 is 0 Å². The van der Waals surface area contributed by atoms with Crippen LogP contribution >= 0.6 is 11.6 Å². The van der Waals surface area contributed by atoms with Gasteiger partial charge in [-0.15, -0.1) is 0 Å². The number of hydrogen-bond acceptors (Lipinski definition) is 4. The molecule has 0 amide bonds. The second-order valence-corrected chi connectivity index (χ2v) is 6.45. The number of fused-ring (bicyclic) bond motifs is 1. The van der Waals surface area contributed by atoms with Gasteiger partial charge in [0.2, 0.25) is 0 Å². The quantitative estimate of drug-likeness (QED) is 0.736. The van der Waals surface area contributed by atoms with Crippen LogP contribution in [0.5, 0.6) is 0 Å². The molecule has 0 radical (unpaired) electrons. The Hall–Kier alpha value is -2.14. The molecular formula is C17H18ClN5. The van der Waals surface area contributed by atoms with Gasteiger partial charge in [0.05, 0.1) is 5.56 Å². The minimum absolute atomic E-state index is 0.449. The molecule has 6 heteroatoms. The van der Waals surface area contributed by atoms with Gasteiger partial charge in [-0.2, -0.15) is 19.6 Å². The SMILES string of the molecule is Cc1ccc(-c2c(Cl)nc3ncnn3c2NC2CCCC2)cc1. The molecule has 5 nitrogen and oxygen atoms in total. The summed E-state index contributed by atoms with van der Waals surface area (Å²) in [5.74, 6) is 1.40. The van der Waals surface area contributed by atoms with Crippen LogP contribution in [-0.4, -0.2) is 25.6 Å². The van der Waals surface area contributed by atoms with E-state index in [0.29, 0.717) is 17.0 Å². The van der Waals surface area contributed by atoms with Crippen LogP contribution in [-0.2, 0) is 0 Å². The lowest BCUT2D eigenvalue weighted by Gasteiger charge is -2.18. The minimum Gasteiger partial charge on any atom is -0.367 e. The van der Waals surface area contributed by atoms with E-state index in [9.17, 15) is 0 Å². The van der Waals surface area contributed by atoms with Crippen molar-refractivity contribution in [2.75, 3.05) is 5.32 Å². The smallest absolute Gasteiger partial charge is 0.255 e. The number of hydrogen-bond donors (Lipinski definition) is 1. The average Bonchev–Trinajstić information content (AvgIpc) is 3.20. The topological polar surface area (TPSA) is 55.1 Å². The van der Waals surface area contributed by atoms with Gasteiger partial charge in [0, 0.05) is 6.04 Å². The summed E-state index contributed by atoms with van der Waals surface area (Å²) in [6.07, 6.45) is 6.37. The fourth-order valence-corrected chi connectivity index (χ4v) is 3.46. The van der Waals surface area contributed by atoms with Gasteiger partial charge in [0.15, 0.2) is 0 Å². The van der Waals surface area contributed by atoms with Gasteiger partial charge in [-0.1, -0.05) is 54.3 Å². The lowest BCUT2D eigenvalue weighted by atomic mass is 10.1. The van der Waals surface area contributed by atoms with Crippen LogP contribution in [0.1, 0.15) is 31.2 Å². The Morgan fingerprint density at radius 3 is 2.65 bits per heavy atom. The van der Waals surface area contributed by atoms with Gasteiger partial charge >= 0.3 is 0 Å². The van der Waals surface area contributed by atoms with E-state index in [0.717, 1.165) is 16.9 Å². The zero-order valence-corrected chi connectivity index (χ0v) is 13.7. The molecule has 4 rings (SSSR count). The summed E-state index contributed by atoms with van der Waals surface area (Å²) < 4.78 is 1.75. The molecular weight excluding hydrogens is 310 g/mol. The Kier molecular flexibility index (Phi) is 3.65. The van der Waals surface area contributed by atoms with Gasteiger partial charge < -0.3 is 5.32 Å². The molecule has 2 heterocycles. The first-order valence-electron chi connectivity index (χ1n) is 7.95. The molecule has 0 spiro atoms. The number of nitrogens with one attached hydrogen (secondary N) is 1. The molecule has 0 saturated heterocycles. The molecule has 1 aliphatic carbocycles. The molecule has 23 heavy (non-hydrogen) atoms. The molecule has 1 N–H and O–H groups in total. The summed E-state index contributed by atoms with van der Waals surface area (Å²) >= 11 is 6.49. The van der Waals surface area contributed by atoms with Crippen molar-refractivity contribution in [3.63, 3.8) is 0 Å². The average molecular weight is 328 g/mol. The van der Waals surface area contributed by atoms with E-state index in [1.54, 1.807) is 4.52 Å². The van der Waals surface area contributed by atoms with Crippen LogP contribution in [0, 0.1) is 6.92 Å². The standard InChI is InChI=1S/C17H18ClN5/c1-11-6-8-12(9-7-11)14-15(18)22-17-19-10-20-23(17)16(14)21-13-4-2-3-5-13/h6-10,13,21H,2-5H2,1H3. The van der Waals surface area contributed by atoms with Crippen molar-refractivity contribution in [3.8, 4) is 11.1 Å². The van der Waals surface area contributed by atoms with Crippen molar-refractivity contribution in [3.05, 3.63) is 41.3 Å². The zero-order chi connectivity index (χ0) is 15.8. The fraction of sp³-hybridized carbons (Fsp3) is 0.353. The first kappa shape index (κ1) is 14.5. The van der Waals surface area contributed by atoms with E-state index < -0.39 is 0 Å². The second kappa shape index (κ2) is 5.81. The number of halogens is 1. The van der Waals surface area contributed by atoms with E-state index in [1.165, 1.54) is 37.6 Å². The number of benzene rings is 1. The Bertz CT molecular complexity index is 834.